The van der Waals surface area contributed by atoms with Crippen LogP contribution in [0.15, 0.2) is 11.2 Å². The fourth-order valence-corrected chi connectivity index (χ4v) is 1.87. The smallest absolute Gasteiger partial charge is 0.186 e. The summed E-state index contributed by atoms with van der Waals surface area (Å²) in [6, 6.07) is 2.14. The van der Waals surface area contributed by atoms with E-state index in [0.717, 1.165) is 12.1 Å². The van der Waals surface area contributed by atoms with Crippen LogP contribution in [-0.2, 0) is 6.54 Å². The van der Waals surface area contributed by atoms with E-state index in [0.29, 0.717) is 11.0 Å². The van der Waals surface area contributed by atoms with Crippen molar-refractivity contribution < 1.29 is 0 Å². The maximum atomic E-state index is 4.95. The third kappa shape index (κ3) is 3.84. The van der Waals surface area contributed by atoms with Gasteiger partial charge in [-0.05, 0) is 38.0 Å². The van der Waals surface area contributed by atoms with E-state index in [1.165, 1.54) is 11.4 Å². The molecule has 0 saturated carbocycles. The summed E-state index contributed by atoms with van der Waals surface area (Å²) in [5.41, 5.74) is 6.38. The topological polar surface area (TPSA) is 41.4 Å². The second-order valence-electron chi connectivity index (χ2n) is 4.78. The highest BCUT2D eigenvalue weighted by molar-refractivity contribution is 7.80. The van der Waals surface area contributed by atoms with Gasteiger partial charge in [-0.15, -0.1) is 0 Å². The normalized spacial score (nSPS) is 11.2. The van der Waals surface area contributed by atoms with Gasteiger partial charge >= 0.3 is 0 Å². The van der Waals surface area contributed by atoms with E-state index in [1.54, 1.807) is 7.05 Å². The van der Waals surface area contributed by atoms with Crippen molar-refractivity contribution in [3.63, 3.8) is 0 Å². The third-order valence-corrected chi connectivity index (χ3v) is 3.05. The molecule has 0 unspecified atom stereocenters. The van der Waals surface area contributed by atoms with Crippen molar-refractivity contribution in [1.82, 2.24) is 15.3 Å². The average molecular weight is 266 g/mol. The van der Waals surface area contributed by atoms with Crippen molar-refractivity contribution in [2.24, 2.45) is 11.0 Å². The summed E-state index contributed by atoms with van der Waals surface area (Å²) in [5, 5.41) is 7.44. The minimum Gasteiger partial charge on any atom is -0.364 e. The molecule has 1 aromatic rings. The lowest BCUT2D eigenvalue weighted by Gasteiger charge is -2.11. The van der Waals surface area contributed by atoms with Crippen molar-refractivity contribution >= 4 is 23.5 Å². The van der Waals surface area contributed by atoms with Crippen LogP contribution in [0.5, 0.6) is 0 Å². The third-order valence-electron chi connectivity index (χ3n) is 2.76. The predicted molar refractivity (Wildman–Crippen MR) is 81.1 cm³/mol. The molecular formula is C13H22N4S. The first kappa shape index (κ1) is 14.7. The molecule has 0 aromatic carbocycles. The minimum absolute atomic E-state index is 0.516. The molecule has 1 aromatic heterocycles. The molecule has 100 valence electrons. The van der Waals surface area contributed by atoms with E-state index in [1.807, 2.05) is 6.21 Å². The van der Waals surface area contributed by atoms with Crippen LogP contribution in [0.2, 0.25) is 0 Å². The Morgan fingerprint density at radius 1 is 1.50 bits per heavy atom. The molecule has 5 heteroatoms. The summed E-state index contributed by atoms with van der Waals surface area (Å²) in [7, 11) is 1.76. The Kier molecular flexibility index (Phi) is 5.34. The summed E-state index contributed by atoms with van der Waals surface area (Å²) in [6.45, 7) is 9.72. The summed E-state index contributed by atoms with van der Waals surface area (Å²) < 4.78 is 2.32. The first-order valence-corrected chi connectivity index (χ1v) is 6.54. The van der Waals surface area contributed by atoms with Gasteiger partial charge < -0.3 is 9.88 Å². The number of hydrogen-bond acceptors (Lipinski definition) is 2. The fraction of sp³-hybridized carbons (Fsp3) is 0.538. The van der Waals surface area contributed by atoms with Crippen molar-refractivity contribution in [1.29, 1.82) is 0 Å². The zero-order valence-electron chi connectivity index (χ0n) is 11.7. The van der Waals surface area contributed by atoms with Crippen molar-refractivity contribution in [2.75, 3.05) is 7.05 Å². The highest BCUT2D eigenvalue weighted by atomic mass is 32.1. The number of rotatable bonds is 4. The van der Waals surface area contributed by atoms with Crippen LogP contribution >= 0.6 is 12.2 Å². The van der Waals surface area contributed by atoms with Crippen LogP contribution in [0, 0.1) is 19.8 Å². The van der Waals surface area contributed by atoms with Crippen LogP contribution < -0.4 is 10.7 Å². The van der Waals surface area contributed by atoms with Crippen LogP contribution in [0.4, 0.5) is 0 Å². The standard InChI is InChI=1S/C13H22N4S/c1-9(2)8-17-10(3)6-12(11(17)4)7-15-16-13(18)14-5/h6-7,9H,8H2,1-5H3,(H2,14,16,18)/b15-7+. The second kappa shape index (κ2) is 6.54. The number of nitrogens with zero attached hydrogens (tertiary/aromatic N) is 2. The molecule has 0 aliphatic carbocycles. The van der Waals surface area contributed by atoms with E-state index in [9.17, 15) is 0 Å². The van der Waals surface area contributed by atoms with Crippen molar-refractivity contribution in [3.05, 3.63) is 23.0 Å². The summed E-state index contributed by atoms with van der Waals surface area (Å²) in [4.78, 5) is 0. The zero-order chi connectivity index (χ0) is 13.7. The Morgan fingerprint density at radius 2 is 2.17 bits per heavy atom. The Labute approximate surface area is 114 Å². The van der Waals surface area contributed by atoms with Gasteiger partial charge in [0.05, 0.1) is 6.21 Å². The van der Waals surface area contributed by atoms with Crippen molar-refractivity contribution in [3.8, 4) is 0 Å². The van der Waals surface area contributed by atoms with Gasteiger partial charge in [0.2, 0.25) is 0 Å². The number of nitrogens with one attached hydrogen (secondary N) is 2. The molecule has 0 atom stereocenters. The molecule has 0 amide bonds. The first-order valence-electron chi connectivity index (χ1n) is 6.13. The Hall–Kier alpha value is -1.36. The second-order valence-corrected chi connectivity index (χ2v) is 5.19. The molecule has 0 radical (unpaired) electrons. The molecule has 2 N–H and O–H groups in total. The van der Waals surface area contributed by atoms with E-state index in [4.69, 9.17) is 12.2 Å². The molecule has 0 fully saturated rings. The monoisotopic (exact) mass is 266 g/mol. The van der Waals surface area contributed by atoms with Gasteiger partial charge in [-0.1, -0.05) is 13.8 Å². The fourth-order valence-electron chi connectivity index (χ4n) is 1.82. The molecule has 0 bridgehead atoms. The van der Waals surface area contributed by atoms with Gasteiger partial charge in [0.25, 0.3) is 0 Å². The summed E-state index contributed by atoms with van der Waals surface area (Å²) in [5.74, 6) is 0.634. The molecule has 1 heterocycles. The zero-order valence-corrected chi connectivity index (χ0v) is 12.6. The Morgan fingerprint density at radius 3 is 2.72 bits per heavy atom. The van der Waals surface area contributed by atoms with Gasteiger partial charge in [0.1, 0.15) is 0 Å². The first-order chi connectivity index (χ1) is 8.45. The van der Waals surface area contributed by atoms with Crippen molar-refractivity contribution in [2.45, 2.75) is 34.2 Å². The lowest BCUT2D eigenvalue weighted by molar-refractivity contribution is 0.509. The van der Waals surface area contributed by atoms with Gasteiger partial charge in [0.15, 0.2) is 5.11 Å². The van der Waals surface area contributed by atoms with E-state index < -0.39 is 0 Å². The lowest BCUT2D eigenvalue weighted by Crippen LogP contribution is -2.28. The van der Waals surface area contributed by atoms with Crippen LogP contribution in [-0.4, -0.2) is 22.9 Å². The van der Waals surface area contributed by atoms with Gasteiger partial charge in [-0.25, -0.2) is 0 Å². The summed E-state index contributed by atoms with van der Waals surface area (Å²) >= 11 is 4.95. The Bertz CT molecular complexity index is 446. The average Bonchev–Trinajstić information content (AvgIpc) is 2.56. The van der Waals surface area contributed by atoms with Gasteiger partial charge in [-0.3, -0.25) is 5.43 Å². The maximum Gasteiger partial charge on any atom is 0.186 e. The molecular weight excluding hydrogens is 244 g/mol. The maximum absolute atomic E-state index is 4.95. The molecule has 0 aliphatic rings. The number of aryl methyl sites for hydroxylation is 1. The van der Waals surface area contributed by atoms with E-state index in [-0.39, 0.29) is 0 Å². The largest absolute Gasteiger partial charge is 0.364 e. The quantitative estimate of drug-likeness (QED) is 0.499. The lowest BCUT2D eigenvalue weighted by atomic mass is 10.2. The molecule has 0 aliphatic heterocycles. The van der Waals surface area contributed by atoms with Crippen LogP contribution in [0.3, 0.4) is 0 Å². The molecule has 0 saturated heterocycles. The van der Waals surface area contributed by atoms with E-state index in [2.05, 4.69) is 54.2 Å². The summed E-state index contributed by atoms with van der Waals surface area (Å²) in [6.07, 6.45) is 1.81. The number of thiocarbonyl (C=S) groups is 1. The SMILES string of the molecule is CNC(=S)N/N=C/c1cc(C)n(CC(C)C)c1C. The number of hydrazone groups is 1. The van der Waals surface area contributed by atoms with Gasteiger partial charge in [-0.2, -0.15) is 5.10 Å². The van der Waals surface area contributed by atoms with Gasteiger partial charge in [0, 0.05) is 30.5 Å². The predicted octanol–water partition coefficient (Wildman–Crippen LogP) is 2.19. The minimum atomic E-state index is 0.516. The molecule has 18 heavy (non-hydrogen) atoms. The molecule has 4 nitrogen and oxygen atoms in total. The van der Waals surface area contributed by atoms with Crippen LogP contribution in [0.25, 0.3) is 0 Å². The molecule has 0 spiro atoms. The Balaban J connectivity index is 2.82. The number of aromatic nitrogens is 1. The highest BCUT2D eigenvalue weighted by Gasteiger charge is 2.08. The van der Waals surface area contributed by atoms with Crippen LogP contribution in [0.1, 0.15) is 30.8 Å². The number of hydrogen-bond donors (Lipinski definition) is 2. The van der Waals surface area contributed by atoms with E-state index >= 15 is 0 Å². The molecule has 1 rings (SSSR count). The highest BCUT2D eigenvalue weighted by Crippen LogP contribution is 2.15.